The van der Waals surface area contributed by atoms with Crippen molar-refractivity contribution in [2.24, 2.45) is 0 Å². The Labute approximate surface area is 107 Å². The summed E-state index contributed by atoms with van der Waals surface area (Å²) in [6.45, 7) is 0.504. The van der Waals surface area contributed by atoms with Gasteiger partial charge in [0.1, 0.15) is 23.9 Å². The molecule has 2 rings (SSSR count). The smallest absolute Gasteiger partial charge is 0.123 e. The molecule has 0 atom stereocenters. The van der Waals surface area contributed by atoms with Crippen molar-refractivity contribution < 1.29 is 14.2 Å². The minimum atomic E-state index is 0.504. The molecule has 2 aromatic carbocycles. The summed E-state index contributed by atoms with van der Waals surface area (Å²) in [4.78, 5) is 0. The second-order valence-corrected chi connectivity index (χ2v) is 3.82. The number of rotatable bonds is 5. The number of benzene rings is 2. The lowest BCUT2D eigenvalue weighted by Crippen LogP contribution is -1.96. The predicted molar refractivity (Wildman–Crippen MR) is 70.3 cm³/mol. The van der Waals surface area contributed by atoms with Gasteiger partial charge in [0.2, 0.25) is 0 Å². The van der Waals surface area contributed by atoms with E-state index in [1.54, 1.807) is 14.2 Å². The summed E-state index contributed by atoms with van der Waals surface area (Å²) >= 11 is 0. The number of hydrogen-bond donors (Lipinski definition) is 0. The van der Waals surface area contributed by atoms with Crippen LogP contribution in [0.1, 0.15) is 5.56 Å². The van der Waals surface area contributed by atoms with Crippen molar-refractivity contribution in [3.63, 3.8) is 0 Å². The maximum atomic E-state index is 5.70. The summed E-state index contributed by atoms with van der Waals surface area (Å²) in [7, 11) is 3.29. The normalized spacial score (nSPS) is 9.89. The molecule has 0 radical (unpaired) electrons. The van der Waals surface area contributed by atoms with Crippen LogP contribution in [0.2, 0.25) is 0 Å². The minimum absolute atomic E-state index is 0.504. The Bertz CT molecular complexity index is 461. The van der Waals surface area contributed by atoms with Crippen LogP contribution in [0, 0.1) is 0 Å². The molecule has 0 N–H and O–H groups in total. The Kier molecular flexibility index (Phi) is 4.07. The maximum Gasteiger partial charge on any atom is 0.123 e. The quantitative estimate of drug-likeness (QED) is 0.807. The zero-order valence-corrected chi connectivity index (χ0v) is 10.6. The van der Waals surface area contributed by atoms with Crippen LogP contribution >= 0.6 is 0 Å². The van der Waals surface area contributed by atoms with E-state index in [1.165, 1.54) is 0 Å². The van der Waals surface area contributed by atoms with Crippen molar-refractivity contribution >= 4 is 0 Å². The lowest BCUT2D eigenvalue weighted by atomic mass is 10.2. The average Bonchev–Trinajstić information content (AvgIpc) is 2.45. The van der Waals surface area contributed by atoms with Crippen LogP contribution in [0.25, 0.3) is 0 Å². The van der Waals surface area contributed by atoms with Gasteiger partial charge in [-0.15, -0.1) is 0 Å². The highest BCUT2D eigenvalue weighted by Gasteiger charge is 1.99. The van der Waals surface area contributed by atoms with E-state index in [9.17, 15) is 0 Å². The van der Waals surface area contributed by atoms with Gasteiger partial charge in [0.05, 0.1) is 14.2 Å². The zero-order valence-electron chi connectivity index (χ0n) is 10.6. The van der Waals surface area contributed by atoms with Crippen molar-refractivity contribution in [1.82, 2.24) is 0 Å². The first-order valence-electron chi connectivity index (χ1n) is 5.71. The molecule has 0 saturated carbocycles. The summed E-state index contributed by atoms with van der Waals surface area (Å²) in [5.74, 6) is 2.41. The Morgan fingerprint density at radius 3 is 2.11 bits per heavy atom. The monoisotopic (exact) mass is 244 g/mol. The summed E-state index contributed by atoms with van der Waals surface area (Å²) in [6.07, 6.45) is 0. The minimum Gasteiger partial charge on any atom is -0.497 e. The van der Waals surface area contributed by atoms with E-state index in [4.69, 9.17) is 14.2 Å². The molecule has 3 nitrogen and oxygen atoms in total. The molecule has 0 heterocycles. The second-order valence-electron chi connectivity index (χ2n) is 3.82. The Morgan fingerprint density at radius 1 is 0.778 bits per heavy atom. The van der Waals surface area contributed by atoms with Gasteiger partial charge in [-0.3, -0.25) is 0 Å². The lowest BCUT2D eigenvalue weighted by molar-refractivity contribution is 0.302. The van der Waals surface area contributed by atoms with Crippen LogP contribution in [0.3, 0.4) is 0 Å². The van der Waals surface area contributed by atoms with Gasteiger partial charge in [-0.25, -0.2) is 0 Å². The van der Waals surface area contributed by atoms with Gasteiger partial charge in [-0.2, -0.15) is 0 Å². The van der Waals surface area contributed by atoms with Crippen LogP contribution in [-0.2, 0) is 6.61 Å². The van der Waals surface area contributed by atoms with Crippen molar-refractivity contribution in [2.75, 3.05) is 14.2 Å². The fourth-order valence-corrected chi connectivity index (χ4v) is 1.62. The molecule has 0 amide bonds. The van der Waals surface area contributed by atoms with Crippen LogP contribution < -0.4 is 14.2 Å². The van der Waals surface area contributed by atoms with Crippen molar-refractivity contribution in [3.05, 3.63) is 54.1 Å². The summed E-state index contributed by atoms with van der Waals surface area (Å²) in [5, 5.41) is 0. The maximum absolute atomic E-state index is 5.70. The van der Waals surface area contributed by atoms with E-state index >= 15 is 0 Å². The highest BCUT2D eigenvalue weighted by Crippen LogP contribution is 2.20. The third kappa shape index (κ3) is 3.17. The SMILES string of the molecule is COc1cccc(COc2cccc(OC)c2)c1. The molecule has 3 heteroatoms. The van der Waals surface area contributed by atoms with Gasteiger partial charge in [0.15, 0.2) is 0 Å². The molecular formula is C15H16O3. The molecule has 0 bridgehead atoms. The molecule has 2 aromatic rings. The third-order valence-electron chi connectivity index (χ3n) is 2.58. The predicted octanol–water partition coefficient (Wildman–Crippen LogP) is 3.28. The molecule has 0 fully saturated rings. The van der Waals surface area contributed by atoms with Crippen LogP contribution in [0.15, 0.2) is 48.5 Å². The topological polar surface area (TPSA) is 27.7 Å². The molecule has 94 valence electrons. The van der Waals surface area contributed by atoms with Crippen molar-refractivity contribution in [2.45, 2.75) is 6.61 Å². The molecule has 0 aliphatic heterocycles. The van der Waals surface area contributed by atoms with Gasteiger partial charge in [0, 0.05) is 6.07 Å². The Morgan fingerprint density at radius 2 is 1.39 bits per heavy atom. The van der Waals surface area contributed by atoms with E-state index in [2.05, 4.69) is 0 Å². The van der Waals surface area contributed by atoms with Gasteiger partial charge < -0.3 is 14.2 Å². The van der Waals surface area contributed by atoms with E-state index in [-0.39, 0.29) is 0 Å². The number of hydrogen-bond acceptors (Lipinski definition) is 3. The molecule has 0 unspecified atom stereocenters. The average molecular weight is 244 g/mol. The van der Waals surface area contributed by atoms with Gasteiger partial charge in [-0.05, 0) is 29.8 Å². The van der Waals surface area contributed by atoms with E-state index < -0.39 is 0 Å². The molecule has 0 aliphatic carbocycles. The fourth-order valence-electron chi connectivity index (χ4n) is 1.62. The Balaban J connectivity index is 2.01. The lowest BCUT2D eigenvalue weighted by Gasteiger charge is -2.08. The summed E-state index contributed by atoms with van der Waals surface area (Å²) in [6, 6.07) is 15.4. The molecule has 0 spiro atoms. The largest absolute Gasteiger partial charge is 0.497 e. The van der Waals surface area contributed by atoms with E-state index in [0.717, 1.165) is 22.8 Å². The van der Waals surface area contributed by atoms with E-state index in [1.807, 2.05) is 48.5 Å². The van der Waals surface area contributed by atoms with Crippen molar-refractivity contribution in [3.8, 4) is 17.2 Å². The summed E-state index contributed by atoms with van der Waals surface area (Å²) < 4.78 is 16.0. The Hall–Kier alpha value is -2.16. The van der Waals surface area contributed by atoms with Gasteiger partial charge in [0.25, 0.3) is 0 Å². The first kappa shape index (κ1) is 12.3. The first-order chi connectivity index (χ1) is 8.81. The highest BCUT2D eigenvalue weighted by molar-refractivity contribution is 5.33. The third-order valence-corrected chi connectivity index (χ3v) is 2.58. The number of methoxy groups -OCH3 is 2. The van der Waals surface area contributed by atoms with Crippen molar-refractivity contribution in [1.29, 1.82) is 0 Å². The molecular weight excluding hydrogens is 228 g/mol. The molecule has 0 aliphatic rings. The molecule has 0 aromatic heterocycles. The molecule has 18 heavy (non-hydrogen) atoms. The van der Waals surface area contributed by atoms with Gasteiger partial charge >= 0.3 is 0 Å². The van der Waals surface area contributed by atoms with Crippen LogP contribution in [-0.4, -0.2) is 14.2 Å². The molecule has 0 saturated heterocycles. The first-order valence-corrected chi connectivity index (χ1v) is 5.71. The number of ether oxygens (including phenoxy) is 3. The standard InChI is InChI=1S/C15H16O3/c1-16-13-6-3-5-12(9-13)11-18-15-8-4-7-14(10-15)17-2/h3-10H,11H2,1-2H3. The zero-order chi connectivity index (χ0) is 12.8. The summed E-state index contributed by atoms with van der Waals surface area (Å²) in [5.41, 5.74) is 1.07. The fraction of sp³-hybridized carbons (Fsp3) is 0.200. The van der Waals surface area contributed by atoms with Crippen LogP contribution in [0.4, 0.5) is 0 Å². The highest BCUT2D eigenvalue weighted by atomic mass is 16.5. The van der Waals surface area contributed by atoms with Gasteiger partial charge in [-0.1, -0.05) is 18.2 Å². The van der Waals surface area contributed by atoms with E-state index in [0.29, 0.717) is 6.61 Å². The van der Waals surface area contributed by atoms with Crippen LogP contribution in [0.5, 0.6) is 17.2 Å². The second kappa shape index (κ2) is 5.96.